The minimum absolute atomic E-state index is 0.0416. The van der Waals surface area contributed by atoms with Crippen LogP contribution < -0.4 is 21.6 Å². The van der Waals surface area contributed by atoms with Gasteiger partial charge in [0.05, 0.1) is 0 Å². The highest BCUT2D eigenvalue weighted by Gasteiger charge is 2.81. The molecule has 0 aliphatic rings. The van der Waals surface area contributed by atoms with E-state index in [4.69, 9.17) is 21.6 Å². The van der Waals surface area contributed by atoms with Crippen LogP contribution in [0.4, 0.5) is 0 Å². The van der Waals surface area contributed by atoms with Crippen LogP contribution in [0, 0.1) is 0 Å². The molecule has 0 saturated carbocycles. The monoisotopic (exact) mass is 582 g/mol. The lowest BCUT2D eigenvalue weighted by atomic mass is 11.6. The van der Waals surface area contributed by atoms with E-state index >= 15 is 0 Å². The van der Waals surface area contributed by atoms with Gasteiger partial charge in [0.1, 0.15) is 0 Å². The molecule has 194 valence electrons. The van der Waals surface area contributed by atoms with Gasteiger partial charge < -0.3 is 21.6 Å². The van der Waals surface area contributed by atoms with Gasteiger partial charge in [-0.15, -0.1) is 0 Å². The highest BCUT2D eigenvalue weighted by atomic mass is 29.3. The van der Waals surface area contributed by atoms with Crippen molar-refractivity contribution in [2.45, 2.75) is 126 Å². The molecule has 0 bridgehead atoms. The molecule has 8 N–H and O–H groups in total. The zero-order valence-corrected chi connectivity index (χ0v) is 33.3. The number of hydrogen-bond donors (Lipinski definition) is 4. The molecule has 0 radical (unpaired) electrons. The third-order valence-electron chi connectivity index (χ3n) is 8.68. The molecule has 0 saturated heterocycles. The molecule has 0 aromatic carbocycles. The smallest absolute Gasteiger partial charge is 0.216 e. The largest absolute Gasteiger partial charge is 0.339 e. The molecule has 0 amide bonds. The number of nitrogens with two attached hydrogens (primary N) is 4. The molecule has 0 fully saturated rings. The lowest BCUT2D eigenvalue weighted by Crippen LogP contribution is -3.03. The summed E-state index contributed by atoms with van der Waals surface area (Å²) in [6.45, 7) is 45.7. The Bertz CT molecular complexity index is 549. The molecule has 0 aliphatic heterocycles. The molecule has 0 heterocycles. The number of rotatable bonds is 9. The summed E-state index contributed by atoms with van der Waals surface area (Å²) in [5.74, 6) is 0. The van der Waals surface area contributed by atoms with Gasteiger partial charge in [-0.05, 0) is 7.82 Å². The maximum absolute atomic E-state index is 7.91. The van der Waals surface area contributed by atoms with E-state index in [1.54, 1.807) is 0 Å². The average molecular weight is 583 g/mol. The van der Waals surface area contributed by atoms with E-state index in [0.717, 1.165) is 0 Å². The molecule has 0 unspecified atom stereocenters. The topological polar surface area (TPSA) is 104 Å². The second kappa shape index (κ2) is 8.57. The van der Waals surface area contributed by atoms with Crippen molar-refractivity contribution < 1.29 is 0 Å². The van der Waals surface area contributed by atoms with E-state index in [1.165, 1.54) is 0 Å². The van der Waals surface area contributed by atoms with E-state index in [9.17, 15) is 0 Å². The van der Waals surface area contributed by atoms with Crippen molar-refractivity contribution in [3.63, 3.8) is 0 Å². The summed E-state index contributed by atoms with van der Waals surface area (Å²) in [5.41, 5.74) is 0. The van der Waals surface area contributed by atoms with Crippen molar-refractivity contribution >= 4 is 64.3 Å². The standard InChI is InChI=1S/C20H62N4Si8/c1-25(2,3)19(26(4,5)6,27(7,8)9)31(21,22)32(23,24)20(28(10,11)12,29(13,14)15)30(16,17)18/h21-24H2,1-18H3. The molecule has 0 aliphatic carbocycles. The molecule has 4 nitrogen and oxygen atoms in total. The van der Waals surface area contributed by atoms with Crippen LogP contribution in [0.25, 0.3) is 0 Å². The van der Waals surface area contributed by atoms with Gasteiger partial charge in [-0.2, -0.15) is 0 Å². The van der Waals surface area contributed by atoms with Crippen molar-refractivity contribution in [2.24, 2.45) is 21.6 Å². The normalized spacial score (nSPS) is 17.1. The van der Waals surface area contributed by atoms with E-state index in [0.29, 0.717) is 0 Å². The predicted octanol–water partition coefficient (Wildman–Crippen LogP) is 5.53. The van der Waals surface area contributed by atoms with Crippen molar-refractivity contribution in [2.75, 3.05) is 0 Å². The van der Waals surface area contributed by atoms with Crippen LogP contribution in [0.5, 0.6) is 0 Å². The second-order valence-corrected chi connectivity index (χ2v) is 64.2. The first-order valence-corrected chi connectivity index (χ1v) is 38.7. The molecule has 0 aromatic heterocycles. The van der Waals surface area contributed by atoms with Crippen molar-refractivity contribution in [1.29, 1.82) is 0 Å². The third-order valence-corrected chi connectivity index (χ3v) is 84.8. The van der Waals surface area contributed by atoms with Crippen LogP contribution in [-0.2, 0) is 0 Å². The Labute approximate surface area is 210 Å². The first-order chi connectivity index (χ1) is 13.2. The first-order valence-electron chi connectivity index (χ1n) is 12.4. The summed E-state index contributed by atoms with van der Waals surface area (Å²) >= 11 is 0. The molecular weight excluding hydrogens is 521 g/mol. The van der Waals surface area contributed by atoms with E-state index in [2.05, 4.69) is 118 Å². The van der Waals surface area contributed by atoms with Gasteiger partial charge in [0.2, 0.25) is 15.8 Å². The SMILES string of the molecule is C[Si](C)(C)C([Si](C)(C)C)([Si](C)(C)C)[Si](N)(N)[Si](N)(N)C([Si](C)(C)C)([Si](C)(C)C)[Si](C)(C)C. The summed E-state index contributed by atoms with van der Waals surface area (Å²) in [6, 6.07) is 0. The zero-order valence-electron chi connectivity index (χ0n) is 25.3. The van der Waals surface area contributed by atoms with E-state index < -0.39 is 64.3 Å². The third kappa shape index (κ3) is 4.33. The fraction of sp³-hybridized carbons (Fsp3) is 1.00. The van der Waals surface area contributed by atoms with Gasteiger partial charge in [0.25, 0.3) is 0 Å². The van der Waals surface area contributed by atoms with Gasteiger partial charge in [-0.3, -0.25) is 0 Å². The quantitative estimate of drug-likeness (QED) is 0.268. The van der Waals surface area contributed by atoms with Crippen molar-refractivity contribution in [1.82, 2.24) is 0 Å². The Morgan fingerprint density at radius 2 is 0.375 bits per heavy atom. The fourth-order valence-electron chi connectivity index (χ4n) is 11.1. The highest BCUT2D eigenvalue weighted by molar-refractivity contribution is 7.57. The zero-order chi connectivity index (χ0) is 27.0. The van der Waals surface area contributed by atoms with Gasteiger partial charge in [0, 0.05) is 48.4 Å². The summed E-state index contributed by atoms with van der Waals surface area (Å²) < 4.78 is 0.0832. The Morgan fingerprint density at radius 1 is 0.281 bits per heavy atom. The van der Waals surface area contributed by atoms with Gasteiger partial charge in [0.15, 0.2) is 0 Å². The second-order valence-electron chi connectivity index (χ2n) is 16.7. The molecule has 0 aromatic rings. The molecule has 12 heteroatoms. The lowest BCUT2D eigenvalue weighted by Gasteiger charge is -2.73. The van der Waals surface area contributed by atoms with Crippen molar-refractivity contribution in [3.8, 4) is 0 Å². The summed E-state index contributed by atoms with van der Waals surface area (Å²) in [4.78, 5) is 0. The summed E-state index contributed by atoms with van der Waals surface area (Å²) in [5, 5.41) is 31.6. The van der Waals surface area contributed by atoms with Crippen molar-refractivity contribution in [3.05, 3.63) is 0 Å². The first kappa shape index (κ1) is 33.6. The Morgan fingerprint density at radius 3 is 0.438 bits per heavy atom. The van der Waals surface area contributed by atoms with E-state index in [-0.39, 0.29) is 7.82 Å². The molecule has 0 atom stereocenters. The summed E-state index contributed by atoms with van der Waals surface area (Å²) in [7, 11) is -17.3. The lowest BCUT2D eigenvalue weighted by molar-refractivity contribution is 1.10. The van der Waals surface area contributed by atoms with Crippen LogP contribution in [0.3, 0.4) is 0 Å². The van der Waals surface area contributed by atoms with Crippen LogP contribution >= 0.6 is 0 Å². The van der Waals surface area contributed by atoms with Crippen LogP contribution in [0.15, 0.2) is 0 Å². The number of hydrogen-bond acceptors (Lipinski definition) is 4. The van der Waals surface area contributed by atoms with Gasteiger partial charge >= 0.3 is 0 Å². The van der Waals surface area contributed by atoms with E-state index in [1.807, 2.05) is 0 Å². The fourth-order valence-corrected chi connectivity index (χ4v) is 131. The van der Waals surface area contributed by atoms with Gasteiger partial charge in [-0.25, -0.2) is 0 Å². The predicted molar refractivity (Wildman–Crippen MR) is 174 cm³/mol. The van der Waals surface area contributed by atoms with Gasteiger partial charge in [-0.1, -0.05) is 118 Å². The Kier molecular flexibility index (Phi) is 8.99. The highest BCUT2D eigenvalue weighted by Crippen LogP contribution is 2.64. The Balaban J connectivity index is 8.24. The molecular formula is C20H62N4Si8. The molecule has 0 spiro atoms. The minimum atomic E-state index is -3.10. The van der Waals surface area contributed by atoms with Crippen LogP contribution in [-0.4, -0.2) is 64.3 Å². The average Bonchev–Trinajstić information content (AvgIpc) is 2.25. The summed E-state index contributed by atoms with van der Waals surface area (Å²) in [6.07, 6.45) is 0. The van der Waals surface area contributed by atoms with Crippen LogP contribution in [0.2, 0.25) is 126 Å². The maximum atomic E-state index is 7.91. The Hall–Kier alpha value is 1.58. The van der Waals surface area contributed by atoms with Crippen LogP contribution in [0.1, 0.15) is 0 Å². The maximum Gasteiger partial charge on any atom is 0.216 e. The minimum Gasteiger partial charge on any atom is -0.339 e. The molecule has 0 rings (SSSR count). The molecule has 32 heavy (non-hydrogen) atoms.